The summed E-state index contributed by atoms with van der Waals surface area (Å²) >= 11 is 3.44. The molecule has 0 radical (unpaired) electrons. The molecule has 1 saturated heterocycles. The molecular formula is C12H22BrNO2. The first-order valence-electron chi connectivity index (χ1n) is 5.93. The summed E-state index contributed by atoms with van der Waals surface area (Å²) in [6, 6.07) is 0. The molecule has 0 aromatic carbocycles. The van der Waals surface area contributed by atoms with E-state index in [0.29, 0.717) is 0 Å². The molecule has 0 aromatic rings. The maximum Gasteiger partial charge on any atom is 0.309 e. The average Bonchev–Trinajstić information content (AvgIpc) is 2.16. The van der Waals surface area contributed by atoms with Gasteiger partial charge in [0.05, 0.1) is 5.92 Å². The topological polar surface area (TPSA) is 29.5 Å². The minimum Gasteiger partial charge on any atom is -0.460 e. The van der Waals surface area contributed by atoms with E-state index in [1.807, 2.05) is 20.8 Å². The van der Waals surface area contributed by atoms with Gasteiger partial charge in [-0.25, -0.2) is 0 Å². The molecule has 0 amide bonds. The van der Waals surface area contributed by atoms with Gasteiger partial charge in [0.25, 0.3) is 0 Å². The predicted molar refractivity (Wildman–Crippen MR) is 68.8 cm³/mol. The number of rotatable bonds is 3. The molecule has 1 heterocycles. The Labute approximate surface area is 107 Å². The second kappa shape index (κ2) is 6.01. The molecular weight excluding hydrogens is 270 g/mol. The van der Waals surface area contributed by atoms with Gasteiger partial charge in [-0.1, -0.05) is 15.9 Å². The van der Waals surface area contributed by atoms with Crippen LogP contribution in [0.5, 0.6) is 0 Å². The summed E-state index contributed by atoms with van der Waals surface area (Å²) < 4.78 is 5.41. The van der Waals surface area contributed by atoms with Gasteiger partial charge in [0.2, 0.25) is 0 Å². The number of halogens is 1. The van der Waals surface area contributed by atoms with E-state index in [0.717, 1.165) is 37.8 Å². The first kappa shape index (κ1) is 14.0. The van der Waals surface area contributed by atoms with Crippen LogP contribution in [0.2, 0.25) is 0 Å². The molecule has 0 atom stereocenters. The van der Waals surface area contributed by atoms with Crippen LogP contribution in [0.25, 0.3) is 0 Å². The van der Waals surface area contributed by atoms with Crippen molar-refractivity contribution in [2.24, 2.45) is 5.92 Å². The van der Waals surface area contributed by atoms with Crippen molar-refractivity contribution in [1.29, 1.82) is 0 Å². The molecule has 0 aromatic heterocycles. The van der Waals surface area contributed by atoms with E-state index in [4.69, 9.17) is 4.74 Å². The SMILES string of the molecule is CC(C)(C)OC(=O)C1CCN(CCBr)CC1. The number of hydrogen-bond acceptors (Lipinski definition) is 3. The van der Waals surface area contributed by atoms with Gasteiger partial charge in [-0.05, 0) is 46.7 Å². The van der Waals surface area contributed by atoms with Crippen LogP contribution in [0.1, 0.15) is 33.6 Å². The molecule has 0 bridgehead atoms. The van der Waals surface area contributed by atoms with Crippen LogP contribution in [0.3, 0.4) is 0 Å². The second-order valence-corrected chi connectivity index (χ2v) is 6.13. The van der Waals surface area contributed by atoms with Crippen LogP contribution in [0.15, 0.2) is 0 Å². The Balaban J connectivity index is 2.33. The van der Waals surface area contributed by atoms with Crippen LogP contribution >= 0.6 is 15.9 Å². The van der Waals surface area contributed by atoms with E-state index >= 15 is 0 Å². The van der Waals surface area contributed by atoms with E-state index in [9.17, 15) is 4.79 Å². The monoisotopic (exact) mass is 291 g/mol. The van der Waals surface area contributed by atoms with Crippen molar-refractivity contribution in [1.82, 2.24) is 4.90 Å². The van der Waals surface area contributed by atoms with Crippen molar-refractivity contribution in [3.63, 3.8) is 0 Å². The first-order chi connectivity index (χ1) is 7.42. The summed E-state index contributed by atoms with van der Waals surface area (Å²) in [5.74, 6) is 0.0804. The standard InChI is InChI=1S/C12H22BrNO2/c1-12(2,3)16-11(15)10-4-7-14(8-5-10)9-6-13/h10H,4-9H2,1-3H3. The summed E-state index contributed by atoms with van der Waals surface area (Å²) in [5, 5.41) is 1.00. The van der Waals surface area contributed by atoms with E-state index in [1.54, 1.807) is 0 Å². The zero-order valence-electron chi connectivity index (χ0n) is 10.5. The average molecular weight is 292 g/mol. The molecule has 94 valence electrons. The fourth-order valence-corrected chi connectivity index (χ4v) is 2.40. The highest BCUT2D eigenvalue weighted by atomic mass is 79.9. The Morgan fingerprint density at radius 2 is 1.94 bits per heavy atom. The molecule has 0 saturated carbocycles. The fraction of sp³-hybridized carbons (Fsp3) is 0.917. The molecule has 1 fully saturated rings. The highest BCUT2D eigenvalue weighted by Crippen LogP contribution is 2.21. The van der Waals surface area contributed by atoms with Crippen molar-refractivity contribution < 1.29 is 9.53 Å². The summed E-state index contributed by atoms with van der Waals surface area (Å²) in [7, 11) is 0. The highest BCUT2D eigenvalue weighted by molar-refractivity contribution is 9.09. The molecule has 0 N–H and O–H groups in total. The van der Waals surface area contributed by atoms with Crippen LogP contribution in [-0.4, -0.2) is 41.4 Å². The largest absolute Gasteiger partial charge is 0.460 e. The number of carbonyl (C=O) groups excluding carboxylic acids is 1. The quantitative estimate of drug-likeness (QED) is 0.591. The summed E-state index contributed by atoms with van der Waals surface area (Å²) in [6.45, 7) is 8.85. The molecule has 16 heavy (non-hydrogen) atoms. The van der Waals surface area contributed by atoms with Crippen LogP contribution in [-0.2, 0) is 9.53 Å². The lowest BCUT2D eigenvalue weighted by Gasteiger charge is -2.32. The third-order valence-electron chi connectivity index (χ3n) is 2.73. The maximum atomic E-state index is 11.8. The lowest BCUT2D eigenvalue weighted by atomic mass is 9.97. The fourth-order valence-electron chi connectivity index (χ4n) is 1.90. The number of esters is 1. The first-order valence-corrected chi connectivity index (χ1v) is 7.05. The van der Waals surface area contributed by atoms with Crippen molar-refractivity contribution in [2.75, 3.05) is 25.0 Å². The summed E-state index contributed by atoms with van der Waals surface area (Å²) in [6.07, 6.45) is 1.86. The molecule has 3 nitrogen and oxygen atoms in total. The maximum absolute atomic E-state index is 11.8. The van der Waals surface area contributed by atoms with Gasteiger partial charge in [-0.3, -0.25) is 4.79 Å². The Morgan fingerprint density at radius 1 is 1.38 bits per heavy atom. The highest BCUT2D eigenvalue weighted by Gasteiger charge is 2.28. The van der Waals surface area contributed by atoms with E-state index in [-0.39, 0.29) is 17.5 Å². The van der Waals surface area contributed by atoms with Crippen molar-refractivity contribution in [3.8, 4) is 0 Å². The minimum atomic E-state index is -0.357. The van der Waals surface area contributed by atoms with Gasteiger partial charge in [0.15, 0.2) is 0 Å². The van der Waals surface area contributed by atoms with Gasteiger partial charge < -0.3 is 9.64 Å². The Hall–Kier alpha value is -0.0900. The van der Waals surface area contributed by atoms with Crippen molar-refractivity contribution in [2.45, 2.75) is 39.2 Å². The molecule has 0 spiro atoms. The number of ether oxygens (including phenoxy) is 1. The number of alkyl halides is 1. The Kier molecular flexibility index (Phi) is 5.25. The number of likely N-dealkylation sites (tertiary alicyclic amines) is 1. The van der Waals surface area contributed by atoms with Gasteiger partial charge >= 0.3 is 5.97 Å². The van der Waals surface area contributed by atoms with Gasteiger partial charge in [0.1, 0.15) is 5.60 Å². The van der Waals surface area contributed by atoms with Crippen molar-refractivity contribution in [3.05, 3.63) is 0 Å². The molecule has 0 unspecified atom stereocenters. The lowest BCUT2D eigenvalue weighted by molar-refractivity contribution is -0.161. The summed E-state index contributed by atoms with van der Waals surface area (Å²) in [4.78, 5) is 14.2. The summed E-state index contributed by atoms with van der Waals surface area (Å²) in [5.41, 5.74) is -0.357. The second-order valence-electron chi connectivity index (χ2n) is 5.34. The number of carbonyl (C=O) groups is 1. The molecule has 4 heteroatoms. The van der Waals surface area contributed by atoms with E-state index in [1.165, 1.54) is 0 Å². The van der Waals surface area contributed by atoms with E-state index < -0.39 is 0 Å². The van der Waals surface area contributed by atoms with Crippen LogP contribution < -0.4 is 0 Å². The third-order valence-corrected chi connectivity index (χ3v) is 3.08. The zero-order chi connectivity index (χ0) is 12.2. The van der Waals surface area contributed by atoms with E-state index in [2.05, 4.69) is 20.8 Å². The molecule has 0 aliphatic carbocycles. The predicted octanol–water partition coefficient (Wildman–Crippen LogP) is 2.44. The van der Waals surface area contributed by atoms with Gasteiger partial charge in [-0.2, -0.15) is 0 Å². The molecule has 1 aliphatic heterocycles. The lowest BCUT2D eigenvalue weighted by Crippen LogP contribution is -2.39. The van der Waals surface area contributed by atoms with Gasteiger partial charge in [0, 0.05) is 11.9 Å². The molecule has 1 aliphatic rings. The van der Waals surface area contributed by atoms with Gasteiger partial charge in [-0.15, -0.1) is 0 Å². The number of hydrogen-bond donors (Lipinski definition) is 0. The zero-order valence-corrected chi connectivity index (χ0v) is 12.0. The molecule has 1 rings (SSSR count). The Bertz CT molecular complexity index is 230. The van der Waals surface area contributed by atoms with Crippen LogP contribution in [0, 0.1) is 5.92 Å². The number of piperidine rings is 1. The minimum absolute atomic E-state index is 0.0222. The normalized spacial score (nSPS) is 19.8. The van der Waals surface area contributed by atoms with Crippen LogP contribution in [0.4, 0.5) is 0 Å². The Morgan fingerprint density at radius 3 is 2.38 bits per heavy atom. The van der Waals surface area contributed by atoms with Crippen molar-refractivity contribution >= 4 is 21.9 Å². The number of nitrogens with zero attached hydrogens (tertiary/aromatic N) is 1. The third kappa shape index (κ3) is 4.83. The smallest absolute Gasteiger partial charge is 0.309 e.